The molecule has 1 heterocycles. The van der Waals surface area contributed by atoms with Crippen LogP contribution in [0.4, 0.5) is 5.82 Å². The lowest BCUT2D eigenvalue weighted by Crippen LogP contribution is -2.07. The standard InChI is InChI=1S/C15H18ClN3O/c1-3-8-17-14-13(4-2)15(19-10-18-14)20-12-7-5-6-11(16)9-12/h5-7,9-10H,3-4,8H2,1-2H3,(H,17,18,19). The summed E-state index contributed by atoms with van der Waals surface area (Å²) in [5.41, 5.74) is 0.973. The molecular formula is C15H18ClN3O. The number of nitrogens with zero attached hydrogens (tertiary/aromatic N) is 2. The molecule has 0 spiro atoms. The third-order valence-electron chi connectivity index (χ3n) is 2.81. The number of aromatic nitrogens is 2. The summed E-state index contributed by atoms with van der Waals surface area (Å²) in [6.07, 6.45) is 3.34. The van der Waals surface area contributed by atoms with E-state index in [1.54, 1.807) is 6.07 Å². The van der Waals surface area contributed by atoms with Crippen molar-refractivity contribution in [2.24, 2.45) is 0 Å². The van der Waals surface area contributed by atoms with Crippen LogP contribution in [0.15, 0.2) is 30.6 Å². The zero-order valence-corrected chi connectivity index (χ0v) is 12.4. The predicted octanol–water partition coefficient (Wildman–Crippen LogP) is 4.31. The Hall–Kier alpha value is -1.81. The van der Waals surface area contributed by atoms with E-state index in [0.717, 1.165) is 30.8 Å². The summed E-state index contributed by atoms with van der Waals surface area (Å²) < 4.78 is 5.83. The zero-order chi connectivity index (χ0) is 14.4. The van der Waals surface area contributed by atoms with Gasteiger partial charge in [-0.05, 0) is 31.0 Å². The van der Waals surface area contributed by atoms with E-state index in [1.165, 1.54) is 6.33 Å². The van der Waals surface area contributed by atoms with Gasteiger partial charge in [-0.2, -0.15) is 0 Å². The second-order valence-corrected chi connectivity index (χ2v) is 4.78. The minimum absolute atomic E-state index is 0.573. The Bertz CT molecular complexity index is 575. The van der Waals surface area contributed by atoms with Crippen molar-refractivity contribution in [1.29, 1.82) is 0 Å². The maximum Gasteiger partial charge on any atom is 0.227 e. The molecule has 0 atom stereocenters. The number of hydrogen-bond acceptors (Lipinski definition) is 4. The van der Waals surface area contributed by atoms with Gasteiger partial charge in [-0.25, -0.2) is 9.97 Å². The topological polar surface area (TPSA) is 47.0 Å². The molecule has 0 aliphatic carbocycles. The van der Waals surface area contributed by atoms with Crippen LogP contribution in [-0.2, 0) is 6.42 Å². The van der Waals surface area contributed by atoms with Gasteiger partial charge < -0.3 is 10.1 Å². The van der Waals surface area contributed by atoms with E-state index in [4.69, 9.17) is 16.3 Å². The summed E-state index contributed by atoms with van der Waals surface area (Å²) >= 11 is 5.96. The van der Waals surface area contributed by atoms with E-state index in [-0.39, 0.29) is 0 Å². The normalized spacial score (nSPS) is 10.3. The van der Waals surface area contributed by atoms with Gasteiger partial charge in [-0.3, -0.25) is 0 Å². The molecule has 0 aliphatic heterocycles. The van der Waals surface area contributed by atoms with E-state index in [0.29, 0.717) is 16.7 Å². The highest BCUT2D eigenvalue weighted by Crippen LogP contribution is 2.28. The van der Waals surface area contributed by atoms with E-state index < -0.39 is 0 Å². The number of halogens is 1. The molecule has 1 aromatic carbocycles. The largest absolute Gasteiger partial charge is 0.438 e. The Balaban J connectivity index is 2.26. The first kappa shape index (κ1) is 14.6. The number of anilines is 1. The number of nitrogens with one attached hydrogen (secondary N) is 1. The van der Waals surface area contributed by atoms with Gasteiger partial charge >= 0.3 is 0 Å². The van der Waals surface area contributed by atoms with Gasteiger partial charge in [0, 0.05) is 11.6 Å². The van der Waals surface area contributed by atoms with Gasteiger partial charge in [-0.15, -0.1) is 0 Å². The molecule has 1 aromatic heterocycles. The summed E-state index contributed by atoms with van der Waals surface area (Å²) in [6.45, 7) is 5.05. The highest BCUT2D eigenvalue weighted by atomic mass is 35.5. The second kappa shape index (κ2) is 7.10. The predicted molar refractivity (Wildman–Crippen MR) is 81.7 cm³/mol. The molecule has 0 aliphatic rings. The van der Waals surface area contributed by atoms with Gasteiger partial charge in [0.05, 0.1) is 5.56 Å². The lowest BCUT2D eigenvalue weighted by molar-refractivity contribution is 0.455. The van der Waals surface area contributed by atoms with E-state index in [9.17, 15) is 0 Å². The lowest BCUT2D eigenvalue weighted by atomic mass is 10.2. The summed E-state index contributed by atoms with van der Waals surface area (Å²) in [5.74, 6) is 2.08. The zero-order valence-electron chi connectivity index (χ0n) is 11.7. The van der Waals surface area contributed by atoms with Gasteiger partial charge in [0.25, 0.3) is 0 Å². The molecule has 0 fully saturated rings. The number of benzene rings is 1. The monoisotopic (exact) mass is 291 g/mol. The van der Waals surface area contributed by atoms with Crippen LogP contribution in [0.5, 0.6) is 11.6 Å². The van der Waals surface area contributed by atoms with Crippen LogP contribution in [0.1, 0.15) is 25.8 Å². The molecule has 0 saturated heterocycles. The average molecular weight is 292 g/mol. The lowest BCUT2D eigenvalue weighted by Gasteiger charge is -2.13. The molecule has 2 rings (SSSR count). The first-order valence-corrected chi connectivity index (χ1v) is 7.13. The Kier molecular flexibility index (Phi) is 5.18. The molecule has 0 amide bonds. The fraction of sp³-hybridized carbons (Fsp3) is 0.333. The molecule has 106 valence electrons. The quantitative estimate of drug-likeness (QED) is 0.861. The van der Waals surface area contributed by atoms with Crippen LogP contribution in [0.3, 0.4) is 0 Å². The van der Waals surface area contributed by atoms with Gasteiger partial charge in [-0.1, -0.05) is 31.5 Å². The van der Waals surface area contributed by atoms with Crippen LogP contribution in [-0.4, -0.2) is 16.5 Å². The minimum atomic E-state index is 0.573. The van der Waals surface area contributed by atoms with E-state index in [2.05, 4.69) is 29.1 Å². The van der Waals surface area contributed by atoms with Crippen molar-refractivity contribution in [2.75, 3.05) is 11.9 Å². The van der Waals surface area contributed by atoms with Crippen molar-refractivity contribution in [1.82, 2.24) is 9.97 Å². The number of ether oxygens (including phenoxy) is 1. The Labute approximate surface area is 124 Å². The maximum atomic E-state index is 5.96. The van der Waals surface area contributed by atoms with Crippen molar-refractivity contribution in [2.45, 2.75) is 26.7 Å². The SMILES string of the molecule is CCCNc1ncnc(Oc2cccc(Cl)c2)c1CC. The maximum absolute atomic E-state index is 5.96. The van der Waals surface area contributed by atoms with Crippen LogP contribution >= 0.6 is 11.6 Å². The smallest absolute Gasteiger partial charge is 0.227 e. The van der Waals surface area contributed by atoms with E-state index in [1.807, 2.05) is 18.2 Å². The third kappa shape index (κ3) is 3.61. The summed E-state index contributed by atoms with van der Waals surface area (Å²) in [6, 6.07) is 7.28. The van der Waals surface area contributed by atoms with Crippen molar-refractivity contribution < 1.29 is 4.74 Å². The molecular weight excluding hydrogens is 274 g/mol. The van der Waals surface area contributed by atoms with Crippen LogP contribution < -0.4 is 10.1 Å². The van der Waals surface area contributed by atoms with Crippen molar-refractivity contribution in [3.05, 3.63) is 41.2 Å². The summed E-state index contributed by atoms with van der Waals surface area (Å²) in [7, 11) is 0. The van der Waals surface area contributed by atoms with Crippen LogP contribution in [0.2, 0.25) is 5.02 Å². The molecule has 0 radical (unpaired) electrons. The Morgan fingerprint density at radius 1 is 1.25 bits per heavy atom. The Morgan fingerprint density at radius 2 is 2.10 bits per heavy atom. The van der Waals surface area contributed by atoms with Crippen molar-refractivity contribution in [3.63, 3.8) is 0 Å². The fourth-order valence-corrected chi connectivity index (χ4v) is 2.02. The number of hydrogen-bond donors (Lipinski definition) is 1. The van der Waals surface area contributed by atoms with Crippen LogP contribution in [0.25, 0.3) is 0 Å². The molecule has 0 bridgehead atoms. The molecule has 0 saturated carbocycles. The highest BCUT2D eigenvalue weighted by molar-refractivity contribution is 6.30. The first-order chi connectivity index (χ1) is 9.74. The van der Waals surface area contributed by atoms with E-state index >= 15 is 0 Å². The molecule has 4 nitrogen and oxygen atoms in total. The minimum Gasteiger partial charge on any atom is -0.438 e. The van der Waals surface area contributed by atoms with Gasteiger partial charge in [0.1, 0.15) is 17.9 Å². The summed E-state index contributed by atoms with van der Waals surface area (Å²) in [5, 5.41) is 3.93. The summed E-state index contributed by atoms with van der Waals surface area (Å²) in [4.78, 5) is 8.51. The molecule has 2 aromatic rings. The average Bonchev–Trinajstić information content (AvgIpc) is 2.45. The number of rotatable bonds is 6. The third-order valence-corrected chi connectivity index (χ3v) is 3.05. The second-order valence-electron chi connectivity index (χ2n) is 4.35. The molecule has 20 heavy (non-hydrogen) atoms. The highest BCUT2D eigenvalue weighted by Gasteiger charge is 2.11. The van der Waals surface area contributed by atoms with Gasteiger partial charge in [0.2, 0.25) is 5.88 Å². The molecule has 1 N–H and O–H groups in total. The Morgan fingerprint density at radius 3 is 2.80 bits per heavy atom. The van der Waals surface area contributed by atoms with Crippen LogP contribution in [0, 0.1) is 0 Å². The van der Waals surface area contributed by atoms with Crippen molar-refractivity contribution in [3.8, 4) is 11.6 Å². The fourth-order valence-electron chi connectivity index (χ4n) is 1.84. The van der Waals surface area contributed by atoms with Gasteiger partial charge in [0.15, 0.2) is 0 Å². The first-order valence-electron chi connectivity index (χ1n) is 6.75. The van der Waals surface area contributed by atoms with Crippen molar-refractivity contribution >= 4 is 17.4 Å². The molecule has 5 heteroatoms. The molecule has 0 unspecified atom stereocenters.